The molecule has 0 aliphatic heterocycles. The summed E-state index contributed by atoms with van der Waals surface area (Å²) < 4.78 is 5.37. The molecule has 28 heavy (non-hydrogen) atoms. The number of aryl methyl sites for hydroxylation is 2. The van der Waals surface area contributed by atoms with E-state index in [1.165, 1.54) is 0 Å². The normalized spacial score (nSPS) is 10.4. The number of para-hydroxylation sites is 2. The first-order valence-corrected chi connectivity index (χ1v) is 9.28. The number of carbonyl (C=O) groups is 1. The molecule has 0 aliphatic carbocycles. The van der Waals surface area contributed by atoms with Crippen LogP contribution < -0.4 is 15.4 Å². The van der Waals surface area contributed by atoms with Crippen molar-refractivity contribution in [3.05, 3.63) is 83.0 Å². The van der Waals surface area contributed by atoms with Gasteiger partial charge in [-0.1, -0.05) is 36.4 Å². The Morgan fingerprint density at radius 1 is 1.00 bits per heavy atom. The van der Waals surface area contributed by atoms with Crippen molar-refractivity contribution >= 4 is 17.4 Å². The van der Waals surface area contributed by atoms with Crippen LogP contribution in [0.5, 0.6) is 5.75 Å². The van der Waals surface area contributed by atoms with Crippen LogP contribution in [0.15, 0.2) is 60.8 Å². The Balaban J connectivity index is 1.58. The number of ether oxygens (including phenoxy) is 1. The van der Waals surface area contributed by atoms with Gasteiger partial charge in [0, 0.05) is 18.4 Å². The molecule has 0 bridgehead atoms. The highest BCUT2D eigenvalue weighted by Gasteiger charge is 2.10. The van der Waals surface area contributed by atoms with Gasteiger partial charge in [0.15, 0.2) is 0 Å². The van der Waals surface area contributed by atoms with Crippen LogP contribution in [-0.4, -0.2) is 24.5 Å². The average Bonchev–Trinajstić information content (AvgIpc) is 2.71. The molecule has 0 atom stereocenters. The summed E-state index contributed by atoms with van der Waals surface area (Å²) in [7, 11) is 1.68. The zero-order valence-electron chi connectivity index (χ0n) is 16.5. The van der Waals surface area contributed by atoms with Crippen LogP contribution >= 0.6 is 0 Å². The van der Waals surface area contributed by atoms with Gasteiger partial charge in [-0.05, 0) is 55.2 Å². The molecule has 0 aliphatic rings. The average molecular weight is 375 g/mol. The monoisotopic (exact) mass is 375 g/mol. The maximum absolute atomic E-state index is 12.5. The maximum atomic E-state index is 12.5. The number of pyridine rings is 1. The van der Waals surface area contributed by atoms with Gasteiger partial charge in [-0.2, -0.15) is 0 Å². The largest absolute Gasteiger partial charge is 0.496 e. The van der Waals surface area contributed by atoms with Crippen LogP contribution in [0.4, 0.5) is 11.5 Å². The molecule has 2 aromatic carbocycles. The van der Waals surface area contributed by atoms with Gasteiger partial charge in [0.25, 0.3) is 5.91 Å². The SMILES string of the molecule is COc1ccccc1CCNc1ccc(C(=O)Nc2c(C)cccc2C)cn1. The number of anilines is 2. The molecule has 3 aromatic rings. The minimum atomic E-state index is -0.162. The number of methoxy groups -OCH3 is 1. The van der Waals surface area contributed by atoms with Gasteiger partial charge < -0.3 is 15.4 Å². The Bertz CT molecular complexity index is 932. The Morgan fingerprint density at radius 3 is 2.43 bits per heavy atom. The number of hydrogen-bond acceptors (Lipinski definition) is 4. The quantitative estimate of drug-likeness (QED) is 0.633. The lowest BCUT2D eigenvalue weighted by Crippen LogP contribution is -2.14. The van der Waals surface area contributed by atoms with E-state index in [4.69, 9.17) is 4.74 Å². The standard InChI is InChI=1S/C23H25N3O2/c1-16-7-6-8-17(2)22(16)26-23(27)19-11-12-21(25-15-19)24-14-13-18-9-4-5-10-20(18)28-3/h4-12,15H,13-14H2,1-3H3,(H,24,25)(H,26,27). The summed E-state index contributed by atoms with van der Waals surface area (Å²) >= 11 is 0. The van der Waals surface area contributed by atoms with Crippen molar-refractivity contribution in [2.24, 2.45) is 0 Å². The Kier molecular flexibility index (Phi) is 6.27. The number of rotatable bonds is 7. The topological polar surface area (TPSA) is 63.2 Å². The van der Waals surface area contributed by atoms with Crippen molar-refractivity contribution in [3.63, 3.8) is 0 Å². The molecule has 0 fully saturated rings. The van der Waals surface area contributed by atoms with Gasteiger partial charge in [0.05, 0.1) is 12.7 Å². The molecular weight excluding hydrogens is 350 g/mol. The first-order valence-electron chi connectivity index (χ1n) is 9.28. The fraction of sp³-hybridized carbons (Fsp3) is 0.217. The predicted molar refractivity (Wildman–Crippen MR) is 113 cm³/mol. The highest BCUT2D eigenvalue weighted by molar-refractivity contribution is 6.04. The number of nitrogens with zero attached hydrogens (tertiary/aromatic N) is 1. The van der Waals surface area contributed by atoms with E-state index in [9.17, 15) is 4.79 Å². The summed E-state index contributed by atoms with van der Waals surface area (Å²) in [6, 6.07) is 17.5. The lowest BCUT2D eigenvalue weighted by molar-refractivity contribution is 0.102. The number of benzene rings is 2. The third-order valence-corrected chi connectivity index (χ3v) is 4.64. The smallest absolute Gasteiger partial charge is 0.257 e. The van der Waals surface area contributed by atoms with E-state index in [0.717, 1.165) is 46.9 Å². The highest BCUT2D eigenvalue weighted by atomic mass is 16.5. The minimum Gasteiger partial charge on any atom is -0.496 e. The van der Waals surface area contributed by atoms with Gasteiger partial charge in [0.1, 0.15) is 11.6 Å². The third kappa shape index (κ3) is 4.68. The van der Waals surface area contributed by atoms with E-state index in [1.54, 1.807) is 19.4 Å². The van der Waals surface area contributed by atoms with Crippen molar-refractivity contribution < 1.29 is 9.53 Å². The fourth-order valence-electron chi connectivity index (χ4n) is 3.06. The van der Waals surface area contributed by atoms with E-state index in [2.05, 4.69) is 21.7 Å². The van der Waals surface area contributed by atoms with Crippen LogP contribution in [0.25, 0.3) is 0 Å². The second-order valence-electron chi connectivity index (χ2n) is 6.64. The lowest BCUT2D eigenvalue weighted by atomic mass is 10.1. The molecular formula is C23H25N3O2. The van der Waals surface area contributed by atoms with Crippen molar-refractivity contribution in [1.29, 1.82) is 0 Å². The van der Waals surface area contributed by atoms with Gasteiger partial charge in [-0.3, -0.25) is 4.79 Å². The molecule has 0 radical (unpaired) electrons. The summed E-state index contributed by atoms with van der Waals surface area (Å²) in [5.74, 6) is 1.46. The molecule has 1 aromatic heterocycles. The molecule has 0 saturated carbocycles. The fourth-order valence-corrected chi connectivity index (χ4v) is 3.06. The summed E-state index contributed by atoms with van der Waals surface area (Å²) in [6.07, 6.45) is 2.41. The number of nitrogens with one attached hydrogen (secondary N) is 2. The molecule has 0 unspecified atom stereocenters. The molecule has 5 heteroatoms. The van der Waals surface area contributed by atoms with Crippen molar-refractivity contribution in [1.82, 2.24) is 4.98 Å². The zero-order valence-corrected chi connectivity index (χ0v) is 16.5. The predicted octanol–water partition coefficient (Wildman–Crippen LogP) is 4.61. The molecule has 0 spiro atoms. The zero-order chi connectivity index (χ0) is 19.9. The van der Waals surface area contributed by atoms with Crippen molar-refractivity contribution in [2.75, 3.05) is 24.3 Å². The molecule has 3 rings (SSSR count). The van der Waals surface area contributed by atoms with E-state index in [-0.39, 0.29) is 5.91 Å². The first-order chi connectivity index (χ1) is 13.6. The Hall–Kier alpha value is -3.34. The van der Waals surface area contributed by atoms with E-state index in [0.29, 0.717) is 5.56 Å². The van der Waals surface area contributed by atoms with Gasteiger partial charge in [-0.25, -0.2) is 4.98 Å². The van der Waals surface area contributed by atoms with Crippen molar-refractivity contribution in [3.8, 4) is 5.75 Å². The number of amides is 1. The van der Waals surface area contributed by atoms with Gasteiger partial charge in [0.2, 0.25) is 0 Å². The molecule has 5 nitrogen and oxygen atoms in total. The summed E-state index contributed by atoms with van der Waals surface area (Å²) in [4.78, 5) is 16.9. The minimum absolute atomic E-state index is 0.162. The van der Waals surface area contributed by atoms with E-state index < -0.39 is 0 Å². The summed E-state index contributed by atoms with van der Waals surface area (Å²) in [6.45, 7) is 4.69. The van der Waals surface area contributed by atoms with Crippen LogP contribution in [-0.2, 0) is 6.42 Å². The number of hydrogen-bond donors (Lipinski definition) is 2. The molecule has 1 amide bonds. The number of aromatic nitrogens is 1. The molecule has 144 valence electrons. The molecule has 2 N–H and O–H groups in total. The number of carbonyl (C=O) groups excluding carboxylic acids is 1. The lowest BCUT2D eigenvalue weighted by Gasteiger charge is -2.12. The molecule has 0 saturated heterocycles. The highest BCUT2D eigenvalue weighted by Crippen LogP contribution is 2.21. The van der Waals surface area contributed by atoms with E-state index in [1.807, 2.05) is 56.3 Å². The third-order valence-electron chi connectivity index (χ3n) is 4.64. The molecule has 1 heterocycles. The maximum Gasteiger partial charge on any atom is 0.257 e. The second kappa shape index (κ2) is 9.04. The van der Waals surface area contributed by atoms with Gasteiger partial charge in [-0.15, -0.1) is 0 Å². The van der Waals surface area contributed by atoms with Gasteiger partial charge >= 0.3 is 0 Å². The summed E-state index contributed by atoms with van der Waals surface area (Å²) in [5.41, 5.74) is 4.60. The first kappa shape index (κ1) is 19.4. The van der Waals surface area contributed by atoms with Crippen LogP contribution in [0.2, 0.25) is 0 Å². The van der Waals surface area contributed by atoms with E-state index >= 15 is 0 Å². The van der Waals surface area contributed by atoms with Crippen molar-refractivity contribution in [2.45, 2.75) is 20.3 Å². The van der Waals surface area contributed by atoms with Crippen LogP contribution in [0.3, 0.4) is 0 Å². The van der Waals surface area contributed by atoms with Crippen LogP contribution in [0.1, 0.15) is 27.0 Å². The Morgan fingerprint density at radius 2 is 1.75 bits per heavy atom. The summed E-state index contributed by atoms with van der Waals surface area (Å²) in [5, 5.41) is 6.26. The Labute approximate surface area is 165 Å². The second-order valence-corrected chi connectivity index (χ2v) is 6.64. The van der Waals surface area contributed by atoms with Crippen LogP contribution in [0, 0.1) is 13.8 Å².